The average Bonchev–Trinajstić information content (AvgIpc) is 1.78. The second-order valence-corrected chi connectivity index (χ2v) is 31.7. The van der Waals surface area contributed by atoms with E-state index in [4.69, 9.17) is 3.07 Å². The number of hydrogen-bond acceptors (Lipinski definition) is 1. The van der Waals surface area contributed by atoms with Gasteiger partial charge in [0.1, 0.15) is 0 Å². The first kappa shape index (κ1) is 14.1. The monoisotopic (exact) mass is 398 g/mol. The summed E-state index contributed by atoms with van der Waals surface area (Å²) in [7, 11) is 0. The number of hydrogen-bond donors (Lipinski definition) is 0. The molecular formula is C10H22OSn2. The first-order valence-electron chi connectivity index (χ1n) is 4.81. The molecule has 0 rings (SSSR count). The molecule has 0 radical (unpaired) electrons. The van der Waals surface area contributed by atoms with Gasteiger partial charge in [0, 0.05) is 0 Å². The number of rotatable bonds is 2. The topological polar surface area (TPSA) is 9.23 Å². The van der Waals surface area contributed by atoms with E-state index >= 15 is 0 Å². The van der Waals surface area contributed by atoms with Gasteiger partial charge in [-0.3, -0.25) is 0 Å². The van der Waals surface area contributed by atoms with Crippen molar-refractivity contribution in [3.63, 3.8) is 0 Å². The molecule has 0 bridgehead atoms. The molecule has 0 fully saturated rings. The van der Waals surface area contributed by atoms with Crippen LogP contribution in [-0.2, 0) is 3.07 Å². The summed E-state index contributed by atoms with van der Waals surface area (Å²) in [5.41, 5.74) is 0. The predicted octanol–water partition coefficient (Wildman–Crippen LogP) is 3.11. The van der Waals surface area contributed by atoms with Crippen LogP contribution in [0.3, 0.4) is 0 Å². The second kappa shape index (κ2) is 5.27. The molecule has 0 aliphatic carbocycles. The molecule has 0 aromatic heterocycles. The summed E-state index contributed by atoms with van der Waals surface area (Å²) in [6, 6.07) is 0. The zero-order valence-corrected chi connectivity index (χ0v) is 15.7. The van der Waals surface area contributed by atoms with Gasteiger partial charge in [-0.25, -0.2) is 0 Å². The van der Waals surface area contributed by atoms with Crippen molar-refractivity contribution in [2.75, 3.05) is 0 Å². The molecule has 1 atom stereocenters. The molecule has 1 unspecified atom stereocenters. The van der Waals surface area contributed by atoms with E-state index in [2.05, 4.69) is 46.4 Å². The SMILES string of the molecule is CC(C#[C][Sn]([CH3])([CH3])[CH3])[O][Sn]([CH3])([CH3])[CH3]. The Morgan fingerprint density at radius 3 is 1.77 bits per heavy atom. The van der Waals surface area contributed by atoms with Crippen LogP contribution in [0.25, 0.3) is 0 Å². The van der Waals surface area contributed by atoms with Gasteiger partial charge in [0.25, 0.3) is 0 Å². The van der Waals surface area contributed by atoms with E-state index < -0.39 is 37.2 Å². The van der Waals surface area contributed by atoms with E-state index in [1.807, 2.05) is 0 Å². The zero-order chi connectivity index (χ0) is 10.7. The summed E-state index contributed by atoms with van der Waals surface area (Å²) in [6.45, 7) is 2.08. The molecule has 0 saturated carbocycles. The van der Waals surface area contributed by atoms with Gasteiger partial charge in [0.2, 0.25) is 0 Å². The van der Waals surface area contributed by atoms with E-state index in [1.165, 1.54) is 0 Å². The molecular weight excluding hydrogens is 374 g/mol. The first-order chi connectivity index (χ1) is 5.60. The summed E-state index contributed by atoms with van der Waals surface area (Å²) in [4.78, 5) is 13.8. The molecule has 76 valence electrons. The predicted molar refractivity (Wildman–Crippen MR) is 65.0 cm³/mol. The first-order valence-corrected chi connectivity index (χ1v) is 24.5. The van der Waals surface area contributed by atoms with Crippen LogP contribution in [0.2, 0.25) is 29.6 Å². The maximum absolute atomic E-state index is 5.90. The van der Waals surface area contributed by atoms with E-state index in [0.29, 0.717) is 0 Å². The normalized spacial score (nSPS) is 14.7. The van der Waals surface area contributed by atoms with Crippen LogP contribution in [-0.4, -0.2) is 43.3 Å². The molecule has 0 amide bonds. The van der Waals surface area contributed by atoms with Crippen LogP contribution in [0.4, 0.5) is 0 Å². The second-order valence-electron chi connectivity index (χ2n) is 5.39. The molecule has 0 saturated heterocycles. The third-order valence-electron chi connectivity index (χ3n) is 1.18. The van der Waals surface area contributed by atoms with Gasteiger partial charge < -0.3 is 0 Å². The third kappa shape index (κ3) is 11.0. The average molecular weight is 396 g/mol. The van der Waals surface area contributed by atoms with Crippen molar-refractivity contribution in [3.05, 3.63) is 0 Å². The molecule has 1 nitrogen and oxygen atoms in total. The molecule has 0 aliphatic rings. The van der Waals surface area contributed by atoms with Crippen molar-refractivity contribution in [2.24, 2.45) is 0 Å². The van der Waals surface area contributed by atoms with Crippen LogP contribution < -0.4 is 0 Å². The van der Waals surface area contributed by atoms with Crippen molar-refractivity contribution in [3.8, 4) is 9.86 Å². The molecule has 0 N–H and O–H groups in total. The molecule has 0 aliphatic heterocycles. The Morgan fingerprint density at radius 2 is 1.46 bits per heavy atom. The Bertz CT molecular complexity index is 212. The van der Waals surface area contributed by atoms with Gasteiger partial charge in [0.15, 0.2) is 0 Å². The minimum absolute atomic E-state index is 0.159. The van der Waals surface area contributed by atoms with Gasteiger partial charge in [-0.15, -0.1) is 0 Å². The molecule has 0 spiro atoms. The Kier molecular flexibility index (Phi) is 5.72. The van der Waals surface area contributed by atoms with Crippen LogP contribution in [0.5, 0.6) is 0 Å². The Morgan fingerprint density at radius 1 is 1.00 bits per heavy atom. The van der Waals surface area contributed by atoms with Gasteiger partial charge in [-0.1, -0.05) is 0 Å². The Hall–Kier alpha value is 1.12. The summed E-state index contributed by atoms with van der Waals surface area (Å²) in [6.07, 6.45) is 0.159. The van der Waals surface area contributed by atoms with Crippen molar-refractivity contribution in [1.82, 2.24) is 0 Å². The minimum atomic E-state index is -2.07. The molecule has 0 heterocycles. The van der Waals surface area contributed by atoms with Crippen LogP contribution >= 0.6 is 0 Å². The molecule has 13 heavy (non-hydrogen) atoms. The van der Waals surface area contributed by atoms with Crippen molar-refractivity contribution >= 4 is 37.2 Å². The summed E-state index contributed by atoms with van der Waals surface area (Å²) < 4.78 is 9.32. The molecule has 0 aromatic rings. The van der Waals surface area contributed by atoms with E-state index in [-0.39, 0.29) is 6.10 Å². The fourth-order valence-electron chi connectivity index (χ4n) is 0.878. The fourth-order valence-corrected chi connectivity index (χ4v) is 5.89. The van der Waals surface area contributed by atoms with Crippen LogP contribution in [0.15, 0.2) is 0 Å². The van der Waals surface area contributed by atoms with Gasteiger partial charge in [-0.2, -0.15) is 0 Å². The van der Waals surface area contributed by atoms with Gasteiger partial charge in [0.05, 0.1) is 0 Å². The van der Waals surface area contributed by atoms with Crippen molar-refractivity contribution in [1.29, 1.82) is 0 Å². The summed E-state index contributed by atoms with van der Waals surface area (Å²) >= 11 is -3.95. The molecule has 3 heteroatoms. The fraction of sp³-hybridized carbons (Fsp3) is 0.800. The van der Waals surface area contributed by atoms with Crippen molar-refractivity contribution < 1.29 is 3.07 Å². The summed E-state index contributed by atoms with van der Waals surface area (Å²) in [5, 5.41) is 0. The van der Waals surface area contributed by atoms with Gasteiger partial charge in [-0.05, 0) is 0 Å². The standard InChI is InChI=1S/C4H4O.6CH3.2Sn/c1-3-4(2)5;;;;;;;;/h4H,2H3;6*1H3;;/q-1;;;;;;;;+1. The van der Waals surface area contributed by atoms with Crippen LogP contribution in [0, 0.1) is 9.86 Å². The van der Waals surface area contributed by atoms with E-state index in [1.54, 1.807) is 0 Å². The van der Waals surface area contributed by atoms with E-state index in [9.17, 15) is 0 Å². The van der Waals surface area contributed by atoms with E-state index in [0.717, 1.165) is 0 Å². The van der Waals surface area contributed by atoms with Crippen LogP contribution in [0.1, 0.15) is 6.92 Å². The Balaban J connectivity index is 4.14. The van der Waals surface area contributed by atoms with Crippen molar-refractivity contribution in [2.45, 2.75) is 42.7 Å². The summed E-state index contributed by atoms with van der Waals surface area (Å²) in [5.74, 6) is 3.25. The maximum atomic E-state index is 5.90. The Labute approximate surface area is 91.9 Å². The third-order valence-corrected chi connectivity index (χ3v) is 6.76. The molecule has 0 aromatic carbocycles. The quantitative estimate of drug-likeness (QED) is 0.516. The zero-order valence-electron chi connectivity index (χ0n) is 9.99. The van der Waals surface area contributed by atoms with Gasteiger partial charge >= 0.3 is 92.8 Å².